The Labute approximate surface area is 128 Å². The fraction of sp³-hybridized carbons (Fsp3) is 0.118. The molecule has 4 heteroatoms. The topological polar surface area (TPSA) is 25.4 Å². The highest BCUT2D eigenvalue weighted by molar-refractivity contribution is 7.14. The summed E-state index contributed by atoms with van der Waals surface area (Å²) in [6, 6.07) is 18.2. The molecule has 21 heavy (non-hydrogen) atoms. The molecule has 1 heterocycles. The molecule has 0 fully saturated rings. The van der Waals surface area contributed by atoms with Crippen LogP contribution >= 0.6 is 11.3 Å². The second-order valence-electron chi connectivity index (χ2n) is 4.64. The van der Waals surface area contributed by atoms with Crippen molar-refractivity contribution < 1.29 is 4.74 Å². The standard InChI is InChI=1S/C17H16N2OS/c1-19(14-6-4-3-5-7-14)17-18-16(12-21-17)13-8-10-15(20-2)11-9-13/h3-12H,1-2H3. The lowest BCUT2D eigenvalue weighted by Gasteiger charge is -2.15. The van der Waals surface area contributed by atoms with E-state index in [0.29, 0.717) is 0 Å². The third-order valence-corrected chi connectivity index (χ3v) is 4.23. The summed E-state index contributed by atoms with van der Waals surface area (Å²) in [6.45, 7) is 0. The van der Waals surface area contributed by atoms with Gasteiger partial charge >= 0.3 is 0 Å². The number of hydrogen-bond acceptors (Lipinski definition) is 4. The van der Waals surface area contributed by atoms with E-state index in [1.165, 1.54) is 0 Å². The molecule has 0 aliphatic heterocycles. The zero-order chi connectivity index (χ0) is 14.7. The Morgan fingerprint density at radius 1 is 1.00 bits per heavy atom. The third kappa shape index (κ3) is 2.90. The smallest absolute Gasteiger partial charge is 0.190 e. The number of ether oxygens (including phenoxy) is 1. The first-order chi connectivity index (χ1) is 10.3. The normalized spacial score (nSPS) is 10.4. The highest BCUT2D eigenvalue weighted by Gasteiger charge is 2.10. The summed E-state index contributed by atoms with van der Waals surface area (Å²) < 4.78 is 5.18. The van der Waals surface area contributed by atoms with Gasteiger partial charge < -0.3 is 9.64 Å². The molecule has 0 saturated heterocycles. The molecule has 0 spiro atoms. The summed E-state index contributed by atoms with van der Waals surface area (Å²) in [5.41, 5.74) is 3.22. The van der Waals surface area contributed by atoms with E-state index in [1.54, 1.807) is 18.4 Å². The van der Waals surface area contributed by atoms with Crippen LogP contribution in [0, 0.1) is 0 Å². The monoisotopic (exact) mass is 296 g/mol. The van der Waals surface area contributed by atoms with E-state index in [1.807, 2.05) is 49.5 Å². The van der Waals surface area contributed by atoms with Gasteiger partial charge in [0.15, 0.2) is 5.13 Å². The maximum absolute atomic E-state index is 5.18. The molecule has 0 aliphatic rings. The molecule has 106 valence electrons. The summed E-state index contributed by atoms with van der Waals surface area (Å²) in [5, 5.41) is 3.06. The summed E-state index contributed by atoms with van der Waals surface area (Å²) >= 11 is 1.64. The van der Waals surface area contributed by atoms with Gasteiger partial charge in [0.2, 0.25) is 0 Å². The van der Waals surface area contributed by atoms with Gasteiger partial charge in [-0.25, -0.2) is 4.98 Å². The van der Waals surface area contributed by atoms with Crippen LogP contribution < -0.4 is 9.64 Å². The van der Waals surface area contributed by atoms with Crippen LogP contribution in [-0.2, 0) is 0 Å². The molecular weight excluding hydrogens is 280 g/mol. The maximum atomic E-state index is 5.18. The lowest BCUT2D eigenvalue weighted by Crippen LogP contribution is -2.08. The van der Waals surface area contributed by atoms with Crippen molar-refractivity contribution in [3.05, 3.63) is 60.0 Å². The zero-order valence-corrected chi connectivity index (χ0v) is 12.8. The van der Waals surface area contributed by atoms with Crippen molar-refractivity contribution in [2.45, 2.75) is 0 Å². The minimum absolute atomic E-state index is 0.857. The molecule has 0 N–H and O–H groups in total. The summed E-state index contributed by atoms with van der Waals surface area (Å²) in [5.74, 6) is 0.857. The van der Waals surface area contributed by atoms with Crippen LogP contribution in [0.5, 0.6) is 5.75 Å². The Morgan fingerprint density at radius 3 is 2.38 bits per heavy atom. The van der Waals surface area contributed by atoms with Crippen molar-refractivity contribution in [1.29, 1.82) is 0 Å². The van der Waals surface area contributed by atoms with Gasteiger partial charge in [0, 0.05) is 23.7 Å². The Kier molecular flexibility index (Phi) is 3.88. The Bertz CT molecular complexity index is 707. The largest absolute Gasteiger partial charge is 0.497 e. The molecule has 0 saturated carbocycles. The van der Waals surface area contributed by atoms with Crippen molar-refractivity contribution in [3.63, 3.8) is 0 Å². The fourth-order valence-electron chi connectivity index (χ4n) is 2.07. The first kappa shape index (κ1) is 13.6. The molecule has 3 rings (SSSR count). The van der Waals surface area contributed by atoms with Gasteiger partial charge in [-0.1, -0.05) is 18.2 Å². The SMILES string of the molecule is COc1ccc(-c2csc(N(C)c3ccccc3)n2)cc1. The number of benzene rings is 2. The molecule has 0 bridgehead atoms. The van der Waals surface area contributed by atoms with E-state index < -0.39 is 0 Å². The lowest BCUT2D eigenvalue weighted by atomic mass is 10.2. The van der Waals surface area contributed by atoms with Gasteiger partial charge in [0.25, 0.3) is 0 Å². The van der Waals surface area contributed by atoms with Crippen molar-refractivity contribution in [3.8, 4) is 17.0 Å². The first-order valence-corrected chi connectivity index (χ1v) is 7.54. The van der Waals surface area contributed by atoms with Gasteiger partial charge in [0.1, 0.15) is 5.75 Å². The maximum Gasteiger partial charge on any atom is 0.190 e. The molecule has 0 radical (unpaired) electrons. The zero-order valence-electron chi connectivity index (χ0n) is 12.0. The quantitative estimate of drug-likeness (QED) is 0.704. The van der Waals surface area contributed by atoms with Crippen LogP contribution in [0.25, 0.3) is 11.3 Å². The molecule has 0 amide bonds. The van der Waals surface area contributed by atoms with Crippen LogP contribution in [0.1, 0.15) is 0 Å². The van der Waals surface area contributed by atoms with Crippen LogP contribution in [0.3, 0.4) is 0 Å². The second-order valence-corrected chi connectivity index (χ2v) is 5.47. The number of anilines is 2. The van der Waals surface area contributed by atoms with Gasteiger partial charge in [-0.15, -0.1) is 11.3 Å². The van der Waals surface area contributed by atoms with Crippen LogP contribution in [-0.4, -0.2) is 19.1 Å². The first-order valence-electron chi connectivity index (χ1n) is 6.66. The molecular formula is C17H16N2OS. The average molecular weight is 296 g/mol. The van der Waals surface area contributed by atoms with E-state index >= 15 is 0 Å². The highest BCUT2D eigenvalue weighted by Crippen LogP contribution is 2.31. The third-order valence-electron chi connectivity index (χ3n) is 3.31. The summed E-state index contributed by atoms with van der Waals surface area (Å²) in [7, 11) is 3.71. The lowest BCUT2D eigenvalue weighted by molar-refractivity contribution is 0.415. The summed E-state index contributed by atoms with van der Waals surface area (Å²) in [4.78, 5) is 6.81. The van der Waals surface area contributed by atoms with Crippen LogP contribution in [0.2, 0.25) is 0 Å². The molecule has 3 aromatic rings. The number of thiazole rings is 1. The van der Waals surface area contributed by atoms with Gasteiger partial charge in [-0.3, -0.25) is 0 Å². The highest BCUT2D eigenvalue weighted by atomic mass is 32.1. The molecule has 0 aliphatic carbocycles. The number of hydrogen-bond donors (Lipinski definition) is 0. The van der Waals surface area contributed by atoms with E-state index in [4.69, 9.17) is 9.72 Å². The Morgan fingerprint density at radius 2 is 1.71 bits per heavy atom. The van der Waals surface area contributed by atoms with Crippen molar-refractivity contribution in [1.82, 2.24) is 4.98 Å². The second kappa shape index (κ2) is 5.97. The number of aromatic nitrogens is 1. The van der Waals surface area contributed by atoms with E-state index in [9.17, 15) is 0 Å². The number of rotatable bonds is 4. The Hall–Kier alpha value is -2.33. The minimum Gasteiger partial charge on any atom is -0.497 e. The summed E-state index contributed by atoms with van der Waals surface area (Å²) in [6.07, 6.45) is 0. The van der Waals surface area contributed by atoms with Crippen molar-refractivity contribution in [2.24, 2.45) is 0 Å². The average Bonchev–Trinajstić information content (AvgIpc) is 3.05. The number of para-hydroxylation sites is 1. The van der Waals surface area contributed by atoms with Crippen LogP contribution in [0.4, 0.5) is 10.8 Å². The molecule has 2 aromatic carbocycles. The molecule has 3 nitrogen and oxygen atoms in total. The number of methoxy groups -OCH3 is 1. The molecule has 0 unspecified atom stereocenters. The van der Waals surface area contributed by atoms with Gasteiger partial charge in [-0.05, 0) is 36.4 Å². The number of nitrogens with zero attached hydrogens (tertiary/aromatic N) is 2. The van der Waals surface area contributed by atoms with Crippen molar-refractivity contribution >= 4 is 22.2 Å². The van der Waals surface area contributed by atoms with E-state index in [2.05, 4.69) is 22.4 Å². The molecule has 1 aromatic heterocycles. The van der Waals surface area contributed by atoms with Gasteiger partial charge in [-0.2, -0.15) is 0 Å². The minimum atomic E-state index is 0.857. The van der Waals surface area contributed by atoms with Crippen molar-refractivity contribution in [2.75, 3.05) is 19.1 Å². The van der Waals surface area contributed by atoms with E-state index in [-0.39, 0.29) is 0 Å². The predicted octanol–water partition coefficient (Wildman–Crippen LogP) is 4.59. The molecule has 0 atom stereocenters. The Balaban J connectivity index is 1.85. The predicted molar refractivity (Wildman–Crippen MR) is 88.6 cm³/mol. The van der Waals surface area contributed by atoms with Crippen LogP contribution in [0.15, 0.2) is 60.0 Å². The van der Waals surface area contributed by atoms with E-state index in [0.717, 1.165) is 27.8 Å². The fourth-order valence-corrected chi connectivity index (χ4v) is 2.90. The van der Waals surface area contributed by atoms with Gasteiger partial charge in [0.05, 0.1) is 12.8 Å².